The van der Waals surface area contributed by atoms with Gasteiger partial charge in [0.05, 0.1) is 14.2 Å². The average molecular weight is 486 g/mol. The minimum atomic E-state index is 0. The Morgan fingerprint density at radius 1 is 1.22 bits per heavy atom. The van der Waals surface area contributed by atoms with E-state index in [1.165, 1.54) is 11.1 Å². The van der Waals surface area contributed by atoms with Gasteiger partial charge < -0.3 is 19.7 Å². The molecule has 0 saturated heterocycles. The number of guanidine groups is 1. The largest absolute Gasteiger partial charge is 0.493 e. The van der Waals surface area contributed by atoms with Gasteiger partial charge in [0, 0.05) is 26.7 Å². The number of methoxy groups -OCH3 is 2. The zero-order valence-corrected chi connectivity index (χ0v) is 18.6. The Morgan fingerprint density at radius 2 is 1.93 bits per heavy atom. The van der Waals surface area contributed by atoms with Crippen molar-refractivity contribution in [3.8, 4) is 11.5 Å². The fourth-order valence-corrected chi connectivity index (χ4v) is 3.10. The van der Waals surface area contributed by atoms with Crippen LogP contribution in [0.3, 0.4) is 0 Å². The Kier molecular flexibility index (Phi) is 7.69. The second-order valence-corrected chi connectivity index (χ2v) is 6.12. The van der Waals surface area contributed by atoms with E-state index in [0.29, 0.717) is 6.54 Å². The molecule has 0 unspecified atom stereocenters. The van der Waals surface area contributed by atoms with Gasteiger partial charge in [-0.3, -0.25) is 4.68 Å². The number of hydrogen-bond donors (Lipinski definition) is 1. The van der Waals surface area contributed by atoms with Crippen molar-refractivity contribution in [1.82, 2.24) is 25.0 Å². The summed E-state index contributed by atoms with van der Waals surface area (Å²) in [6.45, 7) is 5.05. The van der Waals surface area contributed by atoms with E-state index in [9.17, 15) is 0 Å². The van der Waals surface area contributed by atoms with Crippen LogP contribution < -0.4 is 14.8 Å². The SMILES string of the molecule is CCNC(=NCc1ncnn1C)N1CCc2cc(OC)c(OC)cc2C1.I. The van der Waals surface area contributed by atoms with Crippen molar-refractivity contribution in [3.63, 3.8) is 0 Å². The Bertz CT molecular complexity index is 792. The molecule has 0 radical (unpaired) electrons. The highest BCUT2D eigenvalue weighted by Crippen LogP contribution is 2.33. The first-order chi connectivity index (χ1) is 12.7. The number of halogens is 1. The molecule has 1 N–H and O–H groups in total. The van der Waals surface area contributed by atoms with Crippen LogP contribution in [-0.2, 0) is 26.6 Å². The fourth-order valence-electron chi connectivity index (χ4n) is 3.10. The van der Waals surface area contributed by atoms with Gasteiger partial charge in [0.15, 0.2) is 17.5 Å². The molecule has 1 aliphatic heterocycles. The van der Waals surface area contributed by atoms with Crippen LogP contribution in [0.15, 0.2) is 23.5 Å². The highest BCUT2D eigenvalue weighted by atomic mass is 127. The predicted octanol–water partition coefficient (Wildman–Crippen LogP) is 1.97. The van der Waals surface area contributed by atoms with Crippen molar-refractivity contribution in [3.05, 3.63) is 35.4 Å². The number of ether oxygens (including phenoxy) is 2. The van der Waals surface area contributed by atoms with Crippen molar-refractivity contribution in [2.45, 2.75) is 26.4 Å². The number of aryl methyl sites for hydroxylation is 1. The molecule has 8 nitrogen and oxygen atoms in total. The van der Waals surface area contributed by atoms with Gasteiger partial charge in [-0.25, -0.2) is 9.98 Å². The highest BCUT2D eigenvalue weighted by molar-refractivity contribution is 14.0. The van der Waals surface area contributed by atoms with Gasteiger partial charge in [-0.2, -0.15) is 5.10 Å². The fraction of sp³-hybridized carbons (Fsp3) is 0.500. The van der Waals surface area contributed by atoms with Gasteiger partial charge in [0.25, 0.3) is 0 Å². The summed E-state index contributed by atoms with van der Waals surface area (Å²) >= 11 is 0. The number of aromatic nitrogens is 3. The van der Waals surface area contributed by atoms with Gasteiger partial charge in [0.1, 0.15) is 18.7 Å². The third-order valence-electron chi connectivity index (χ3n) is 4.53. The second kappa shape index (κ2) is 9.77. The smallest absolute Gasteiger partial charge is 0.194 e. The molecular weight excluding hydrogens is 459 g/mol. The molecule has 0 bridgehead atoms. The maximum atomic E-state index is 5.45. The number of nitrogens with one attached hydrogen (secondary N) is 1. The molecule has 3 rings (SSSR count). The normalized spacial score (nSPS) is 13.6. The first-order valence-electron chi connectivity index (χ1n) is 8.76. The van der Waals surface area contributed by atoms with Crippen LogP contribution in [0.2, 0.25) is 0 Å². The van der Waals surface area contributed by atoms with E-state index in [-0.39, 0.29) is 24.0 Å². The summed E-state index contributed by atoms with van der Waals surface area (Å²) in [6, 6.07) is 4.14. The van der Waals surface area contributed by atoms with Gasteiger partial charge in [-0.1, -0.05) is 0 Å². The van der Waals surface area contributed by atoms with Crippen LogP contribution in [0.5, 0.6) is 11.5 Å². The lowest BCUT2D eigenvalue weighted by atomic mass is 9.99. The van der Waals surface area contributed by atoms with E-state index in [4.69, 9.17) is 14.5 Å². The zero-order valence-electron chi connectivity index (χ0n) is 16.2. The van der Waals surface area contributed by atoms with Crippen LogP contribution in [0.25, 0.3) is 0 Å². The zero-order chi connectivity index (χ0) is 18.5. The maximum Gasteiger partial charge on any atom is 0.194 e. The third kappa shape index (κ3) is 4.82. The monoisotopic (exact) mass is 486 g/mol. The molecule has 27 heavy (non-hydrogen) atoms. The van der Waals surface area contributed by atoms with E-state index in [2.05, 4.69) is 39.4 Å². The third-order valence-corrected chi connectivity index (χ3v) is 4.53. The molecule has 1 aromatic carbocycles. The van der Waals surface area contributed by atoms with Gasteiger partial charge >= 0.3 is 0 Å². The number of benzene rings is 1. The van der Waals surface area contributed by atoms with E-state index < -0.39 is 0 Å². The Labute approximate surface area is 177 Å². The van der Waals surface area contributed by atoms with Gasteiger partial charge in [0.2, 0.25) is 0 Å². The first-order valence-corrected chi connectivity index (χ1v) is 8.76. The van der Waals surface area contributed by atoms with Crippen molar-refractivity contribution in [1.29, 1.82) is 0 Å². The lowest BCUT2D eigenvalue weighted by molar-refractivity contribution is 0.346. The van der Waals surface area contributed by atoms with E-state index in [1.54, 1.807) is 25.2 Å². The van der Waals surface area contributed by atoms with Gasteiger partial charge in [-0.05, 0) is 36.6 Å². The molecule has 0 fully saturated rings. The maximum absolute atomic E-state index is 5.45. The molecule has 148 valence electrons. The van der Waals surface area contributed by atoms with Gasteiger partial charge in [-0.15, -0.1) is 24.0 Å². The molecule has 1 aliphatic rings. The van der Waals surface area contributed by atoms with E-state index in [0.717, 1.165) is 49.3 Å². The summed E-state index contributed by atoms with van der Waals surface area (Å²) in [5, 5.41) is 7.47. The molecule has 1 aromatic heterocycles. The van der Waals surface area contributed by atoms with Crippen LogP contribution in [0.4, 0.5) is 0 Å². The Balaban J connectivity index is 0.00000261. The molecule has 0 amide bonds. The summed E-state index contributed by atoms with van der Waals surface area (Å²) < 4.78 is 12.6. The molecular formula is C18H27IN6O2. The molecule has 2 heterocycles. The van der Waals surface area contributed by atoms with Crippen molar-refractivity contribution in [2.75, 3.05) is 27.3 Å². The van der Waals surface area contributed by atoms with Crippen molar-refractivity contribution < 1.29 is 9.47 Å². The Morgan fingerprint density at radius 3 is 2.52 bits per heavy atom. The van der Waals surface area contributed by atoms with Crippen molar-refractivity contribution >= 4 is 29.9 Å². The van der Waals surface area contributed by atoms with E-state index in [1.807, 2.05) is 7.05 Å². The number of rotatable bonds is 5. The number of fused-ring (bicyclic) bond motifs is 1. The quantitative estimate of drug-likeness (QED) is 0.396. The lowest BCUT2D eigenvalue weighted by Crippen LogP contribution is -2.44. The molecule has 0 saturated carbocycles. The highest BCUT2D eigenvalue weighted by Gasteiger charge is 2.21. The average Bonchev–Trinajstić information content (AvgIpc) is 3.08. The summed E-state index contributed by atoms with van der Waals surface area (Å²) in [7, 11) is 5.21. The second-order valence-electron chi connectivity index (χ2n) is 6.12. The number of hydrogen-bond acceptors (Lipinski definition) is 5. The topological polar surface area (TPSA) is 76.8 Å². The molecule has 9 heteroatoms. The molecule has 0 aliphatic carbocycles. The molecule has 2 aromatic rings. The lowest BCUT2D eigenvalue weighted by Gasteiger charge is -2.32. The van der Waals surface area contributed by atoms with E-state index >= 15 is 0 Å². The standard InChI is InChI=1S/C18H26N6O2.HI/c1-5-19-18(20-10-17-21-12-22-23(17)2)24-7-6-13-8-15(25-3)16(26-4)9-14(13)11-24;/h8-9,12H,5-7,10-11H2,1-4H3,(H,19,20);1H. The number of nitrogens with zero attached hydrogens (tertiary/aromatic N) is 5. The summed E-state index contributed by atoms with van der Waals surface area (Å²) in [4.78, 5) is 11.2. The Hall–Kier alpha value is -2.04. The minimum absolute atomic E-state index is 0. The summed E-state index contributed by atoms with van der Waals surface area (Å²) in [5.74, 6) is 3.26. The summed E-state index contributed by atoms with van der Waals surface area (Å²) in [5.41, 5.74) is 2.53. The summed E-state index contributed by atoms with van der Waals surface area (Å²) in [6.07, 6.45) is 2.48. The minimum Gasteiger partial charge on any atom is -0.493 e. The molecule has 0 atom stereocenters. The number of aliphatic imine (C=N–C) groups is 1. The van der Waals surface area contributed by atoms with Crippen LogP contribution >= 0.6 is 24.0 Å². The predicted molar refractivity (Wildman–Crippen MR) is 115 cm³/mol. The van der Waals surface area contributed by atoms with Crippen LogP contribution in [0.1, 0.15) is 23.9 Å². The van der Waals surface area contributed by atoms with Crippen LogP contribution in [-0.4, -0.2) is 52.9 Å². The first kappa shape index (κ1) is 21.3. The molecule has 0 spiro atoms. The van der Waals surface area contributed by atoms with Crippen molar-refractivity contribution in [2.24, 2.45) is 12.0 Å². The van der Waals surface area contributed by atoms with Crippen LogP contribution in [0, 0.1) is 0 Å².